The number of ether oxygens (including phenoxy) is 1. The highest BCUT2D eigenvalue weighted by Gasteiger charge is 2.36. The van der Waals surface area contributed by atoms with Crippen molar-refractivity contribution in [1.82, 2.24) is 25.4 Å². The second kappa shape index (κ2) is 11.5. The molecular weight excluding hydrogens is 541 g/mol. The zero-order valence-electron chi connectivity index (χ0n) is 24.3. The molecule has 3 heterocycles. The summed E-state index contributed by atoms with van der Waals surface area (Å²) in [6.07, 6.45) is 1.20. The first-order chi connectivity index (χ1) is 19.9. The smallest absolute Gasteiger partial charge is 0.408 e. The van der Waals surface area contributed by atoms with Crippen LogP contribution in [0.15, 0.2) is 36.4 Å². The molecular formula is C31H36FN5O5. The minimum absolute atomic E-state index is 0.162. The van der Waals surface area contributed by atoms with Gasteiger partial charge in [-0.1, -0.05) is 24.3 Å². The average molecular weight is 578 g/mol. The number of nitrogens with zero attached hydrogens (tertiary/aromatic N) is 2. The largest absolute Gasteiger partial charge is 0.444 e. The molecule has 1 aromatic heterocycles. The van der Waals surface area contributed by atoms with Crippen LogP contribution in [0.4, 0.5) is 9.18 Å². The van der Waals surface area contributed by atoms with Gasteiger partial charge in [-0.2, -0.15) is 0 Å². The van der Waals surface area contributed by atoms with Crippen molar-refractivity contribution in [2.75, 3.05) is 26.7 Å². The molecule has 222 valence electrons. The molecule has 0 aliphatic carbocycles. The van der Waals surface area contributed by atoms with E-state index in [0.29, 0.717) is 50.0 Å². The molecule has 0 bridgehead atoms. The van der Waals surface area contributed by atoms with Gasteiger partial charge in [0.25, 0.3) is 5.91 Å². The molecule has 42 heavy (non-hydrogen) atoms. The van der Waals surface area contributed by atoms with Gasteiger partial charge in [0.15, 0.2) is 0 Å². The minimum Gasteiger partial charge on any atom is -0.444 e. The van der Waals surface area contributed by atoms with Crippen molar-refractivity contribution >= 4 is 34.7 Å². The van der Waals surface area contributed by atoms with Crippen LogP contribution in [-0.2, 0) is 27.3 Å². The summed E-state index contributed by atoms with van der Waals surface area (Å²) in [5.74, 6) is -1.25. The van der Waals surface area contributed by atoms with Crippen LogP contribution in [0.5, 0.6) is 0 Å². The molecule has 0 unspecified atom stereocenters. The van der Waals surface area contributed by atoms with Crippen LogP contribution in [0.1, 0.15) is 55.1 Å². The van der Waals surface area contributed by atoms with Crippen molar-refractivity contribution in [3.8, 4) is 11.3 Å². The van der Waals surface area contributed by atoms with E-state index in [2.05, 4.69) is 15.6 Å². The van der Waals surface area contributed by atoms with E-state index in [1.165, 1.54) is 17.0 Å². The Morgan fingerprint density at radius 3 is 2.62 bits per heavy atom. The SMILES string of the molecule is CN(Cc1ccc(-c2[nH]c3cc(F)cc4c3c2CCNC4=O)cc1)C(=O)[C@@H]1CCCN1C(=O)CNC(=O)OC(C)(C)C. The third-order valence-electron chi connectivity index (χ3n) is 7.55. The summed E-state index contributed by atoms with van der Waals surface area (Å²) in [7, 11) is 1.71. The quantitative estimate of drug-likeness (QED) is 0.412. The molecule has 11 heteroatoms. The van der Waals surface area contributed by atoms with Gasteiger partial charge in [-0.25, -0.2) is 9.18 Å². The zero-order chi connectivity index (χ0) is 30.2. The molecule has 3 N–H and O–H groups in total. The van der Waals surface area contributed by atoms with E-state index in [0.717, 1.165) is 27.8 Å². The van der Waals surface area contributed by atoms with E-state index in [1.807, 2.05) is 24.3 Å². The molecule has 2 aliphatic rings. The van der Waals surface area contributed by atoms with Gasteiger partial charge in [0.2, 0.25) is 11.8 Å². The lowest BCUT2D eigenvalue weighted by Gasteiger charge is -2.28. The number of H-pyrrole nitrogens is 1. The number of aromatic nitrogens is 1. The number of likely N-dealkylation sites (tertiary alicyclic amines) is 1. The van der Waals surface area contributed by atoms with Gasteiger partial charge in [0.1, 0.15) is 24.0 Å². The number of carbonyl (C=O) groups is 4. The fourth-order valence-corrected chi connectivity index (χ4v) is 5.71. The number of rotatable bonds is 6. The van der Waals surface area contributed by atoms with Crippen LogP contribution in [-0.4, -0.2) is 76.9 Å². The summed E-state index contributed by atoms with van der Waals surface area (Å²) < 4.78 is 19.4. The highest BCUT2D eigenvalue weighted by molar-refractivity contribution is 6.10. The first-order valence-electron chi connectivity index (χ1n) is 14.1. The Morgan fingerprint density at radius 2 is 1.90 bits per heavy atom. The van der Waals surface area contributed by atoms with Crippen LogP contribution in [0.2, 0.25) is 0 Å². The zero-order valence-corrected chi connectivity index (χ0v) is 24.3. The maximum absolute atomic E-state index is 14.2. The van der Waals surface area contributed by atoms with Gasteiger partial charge < -0.3 is 30.2 Å². The monoisotopic (exact) mass is 577 g/mol. The lowest BCUT2D eigenvalue weighted by atomic mass is 9.99. The summed E-state index contributed by atoms with van der Waals surface area (Å²) >= 11 is 0. The van der Waals surface area contributed by atoms with Gasteiger partial charge in [0, 0.05) is 43.3 Å². The molecule has 1 atom stereocenters. The molecule has 1 saturated heterocycles. The Bertz CT molecular complexity index is 1540. The number of aromatic amines is 1. The standard InChI is InChI=1S/C31H36FN5O5/c1-31(2,3)42-30(41)34-16-25(38)37-13-5-6-24(37)29(40)36(4)17-18-7-9-19(10-8-18)27-21-11-12-33-28(39)22-14-20(32)15-23(35-27)26(21)22/h7-10,14-15,24,35H,5-6,11-13,16-17H2,1-4H3,(H,33,39)(H,34,41)/t24-/m0/s1. The molecule has 4 amide bonds. The normalized spacial score (nSPS) is 16.6. The van der Waals surface area contributed by atoms with E-state index in [9.17, 15) is 23.6 Å². The van der Waals surface area contributed by atoms with E-state index in [4.69, 9.17) is 4.74 Å². The molecule has 3 aromatic rings. The number of alkyl carbamates (subject to hydrolysis) is 1. The molecule has 0 spiro atoms. The molecule has 0 saturated carbocycles. The summed E-state index contributed by atoms with van der Waals surface area (Å²) in [4.78, 5) is 57.0. The predicted octanol–water partition coefficient (Wildman–Crippen LogP) is 3.73. The van der Waals surface area contributed by atoms with Crippen molar-refractivity contribution in [2.45, 2.75) is 58.2 Å². The Kier molecular flexibility index (Phi) is 7.94. The molecule has 10 nitrogen and oxygen atoms in total. The Morgan fingerprint density at radius 1 is 1.17 bits per heavy atom. The summed E-state index contributed by atoms with van der Waals surface area (Å²) in [5.41, 5.74) is 3.84. The maximum Gasteiger partial charge on any atom is 0.408 e. The number of carbonyl (C=O) groups excluding carboxylic acids is 4. The third-order valence-corrected chi connectivity index (χ3v) is 7.55. The summed E-state index contributed by atoms with van der Waals surface area (Å²) in [6, 6.07) is 9.84. The third kappa shape index (κ3) is 6.09. The molecule has 1 fully saturated rings. The van der Waals surface area contributed by atoms with Gasteiger partial charge in [-0.05, 0) is 68.9 Å². The van der Waals surface area contributed by atoms with Crippen molar-refractivity contribution in [2.24, 2.45) is 0 Å². The number of hydrogen-bond acceptors (Lipinski definition) is 5. The van der Waals surface area contributed by atoms with Crippen LogP contribution in [0.25, 0.3) is 22.2 Å². The lowest BCUT2D eigenvalue weighted by molar-refractivity contribution is -0.142. The number of halogens is 1. The first kappa shape index (κ1) is 29.1. The van der Waals surface area contributed by atoms with Crippen LogP contribution in [0, 0.1) is 5.82 Å². The fourth-order valence-electron chi connectivity index (χ4n) is 5.71. The Balaban J connectivity index is 1.25. The summed E-state index contributed by atoms with van der Waals surface area (Å²) in [5, 5.41) is 6.05. The predicted molar refractivity (Wildman–Crippen MR) is 155 cm³/mol. The molecule has 2 aromatic carbocycles. The average Bonchev–Trinajstić information content (AvgIpc) is 3.51. The van der Waals surface area contributed by atoms with E-state index >= 15 is 0 Å². The second-order valence-electron chi connectivity index (χ2n) is 11.9. The van der Waals surface area contributed by atoms with Crippen LogP contribution >= 0.6 is 0 Å². The molecule has 0 radical (unpaired) electrons. The molecule has 2 aliphatic heterocycles. The van der Waals surface area contributed by atoms with E-state index in [1.54, 1.807) is 32.7 Å². The summed E-state index contributed by atoms with van der Waals surface area (Å²) in [6.45, 7) is 6.24. The fraction of sp³-hybridized carbons (Fsp3) is 0.419. The van der Waals surface area contributed by atoms with Crippen molar-refractivity contribution in [3.05, 3.63) is 58.9 Å². The van der Waals surface area contributed by atoms with Crippen LogP contribution in [0.3, 0.4) is 0 Å². The number of hydrogen-bond donors (Lipinski definition) is 3. The molecule has 5 rings (SSSR count). The lowest BCUT2D eigenvalue weighted by Crippen LogP contribution is -2.49. The van der Waals surface area contributed by atoms with Crippen LogP contribution < -0.4 is 10.6 Å². The highest BCUT2D eigenvalue weighted by atomic mass is 19.1. The Hall–Kier alpha value is -4.41. The second-order valence-corrected chi connectivity index (χ2v) is 11.9. The van der Waals surface area contributed by atoms with Crippen molar-refractivity contribution in [3.63, 3.8) is 0 Å². The highest BCUT2D eigenvalue weighted by Crippen LogP contribution is 2.35. The van der Waals surface area contributed by atoms with Gasteiger partial charge in [0.05, 0.1) is 5.56 Å². The number of nitrogens with one attached hydrogen (secondary N) is 3. The number of likely N-dealkylation sites (N-methyl/N-ethyl adjacent to an activating group) is 1. The van der Waals surface area contributed by atoms with Gasteiger partial charge in [-0.3, -0.25) is 14.4 Å². The number of benzene rings is 2. The van der Waals surface area contributed by atoms with Crippen molar-refractivity contribution < 1.29 is 28.3 Å². The first-order valence-corrected chi connectivity index (χ1v) is 14.1. The van der Waals surface area contributed by atoms with Crippen molar-refractivity contribution in [1.29, 1.82) is 0 Å². The van der Waals surface area contributed by atoms with Gasteiger partial charge >= 0.3 is 6.09 Å². The van der Waals surface area contributed by atoms with Gasteiger partial charge in [-0.15, -0.1) is 0 Å². The number of amides is 4. The van der Waals surface area contributed by atoms with E-state index in [-0.39, 0.29) is 24.3 Å². The topological polar surface area (TPSA) is 124 Å². The minimum atomic E-state index is -0.677. The maximum atomic E-state index is 14.2. The van der Waals surface area contributed by atoms with E-state index < -0.39 is 23.6 Å². The Labute approximate surface area is 243 Å².